The number of aromatic nitrogens is 2. The van der Waals surface area contributed by atoms with Gasteiger partial charge >= 0.3 is 0 Å². The van der Waals surface area contributed by atoms with E-state index in [1.165, 1.54) is 4.31 Å². The maximum atomic E-state index is 14.0. The minimum atomic E-state index is -3.78. The Morgan fingerprint density at radius 2 is 1.96 bits per heavy atom. The van der Waals surface area contributed by atoms with Crippen LogP contribution in [0.25, 0.3) is 0 Å². The number of aryl methyl sites for hydroxylation is 1. The average Bonchev–Trinajstić information content (AvgIpc) is 2.93. The van der Waals surface area contributed by atoms with Gasteiger partial charge in [-0.3, -0.25) is 10.1 Å². The largest absolute Gasteiger partial charge is 0.296 e. The molecule has 0 saturated heterocycles. The molecule has 0 bridgehead atoms. The predicted octanol–water partition coefficient (Wildman–Crippen LogP) is 2.27. The first-order chi connectivity index (χ1) is 11.3. The van der Waals surface area contributed by atoms with Gasteiger partial charge < -0.3 is 0 Å². The highest BCUT2D eigenvalue weighted by Crippen LogP contribution is 2.21. The van der Waals surface area contributed by atoms with Crippen molar-refractivity contribution in [1.29, 1.82) is 0 Å². The Morgan fingerprint density at radius 3 is 2.50 bits per heavy atom. The molecule has 1 aromatic carbocycles. The zero-order valence-electron chi connectivity index (χ0n) is 13.4. The molecule has 2 aromatic rings. The van der Waals surface area contributed by atoms with Crippen LogP contribution in [0, 0.1) is 12.7 Å². The van der Waals surface area contributed by atoms with Gasteiger partial charge in [0, 0.05) is 13.1 Å². The third-order valence-corrected chi connectivity index (χ3v) is 6.07. The number of carbonyl (C=O) groups is 1. The van der Waals surface area contributed by atoms with Crippen molar-refractivity contribution in [3.05, 3.63) is 34.6 Å². The number of hydrogen-bond acceptors (Lipinski definition) is 6. The smallest absolute Gasteiger partial charge is 0.260 e. The minimum absolute atomic E-state index is 0.133. The SMILES string of the molecule is CCN(CC)S(=O)(=O)c1ccc(F)c(C(=O)Nc2nnc(C)s2)c1. The van der Waals surface area contributed by atoms with Crippen molar-refractivity contribution in [2.24, 2.45) is 0 Å². The molecule has 0 radical (unpaired) electrons. The summed E-state index contributed by atoms with van der Waals surface area (Å²) in [5.74, 6) is -1.59. The maximum Gasteiger partial charge on any atom is 0.260 e. The van der Waals surface area contributed by atoms with E-state index in [-0.39, 0.29) is 28.7 Å². The van der Waals surface area contributed by atoms with Crippen LogP contribution >= 0.6 is 11.3 Å². The third kappa shape index (κ3) is 3.77. The van der Waals surface area contributed by atoms with Crippen LogP contribution in [-0.4, -0.2) is 41.9 Å². The molecule has 10 heteroatoms. The summed E-state index contributed by atoms with van der Waals surface area (Å²) in [7, 11) is -3.78. The van der Waals surface area contributed by atoms with Gasteiger partial charge in [0.15, 0.2) is 0 Å². The van der Waals surface area contributed by atoms with Gasteiger partial charge in [-0.25, -0.2) is 12.8 Å². The lowest BCUT2D eigenvalue weighted by atomic mass is 10.2. The van der Waals surface area contributed by atoms with Gasteiger partial charge in [0.2, 0.25) is 15.2 Å². The molecule has 0 unspecified atom stereocenters. The zero-order valence-corrected chi connectivity index (χ0v) is 15.0. The first-order valence-electron chi connectivity index (χ1n) is 7.20. The standard InChI is InChI=1S/C14H17FN4O3S2/c1-4-19(5-2)24(21,22)10-6-7-12(15)11(8-10)13(20)16-14-18-17-9(3)23-14/h6-8H,4-5H2,1-3H3,(H,16,18,20). The molecule has 0 aliphatic rings. The highest BCUT2D eigenvalue weighted by molar-refractivity contribution is 7.89. The molecule has 1 aromatic heterocycles. The van der Waals surface area contributed by atoms with Crippen LogP contribution in [-0.2, 0) is 10.0 Å². The second kappa shape index (κ2) is 7.32. The Kier molecular flexibility index (Phi) is 5.62. The van der Waals surface area contributed by atoms with Crippen LogP contribution in [0.1, 0.15) is 29.2 Å². The van der Waals surface area contributed by atoms with E-state index in [1.807, 2.05) is 0 Å². The number of rotatable bonds is 6. The normalized spacial score (nSPS) is 11.7. The van der Waals surface area contributed by atoms with Gasteiger partial charge in [-0.05, 0) is 25.1 Å². The Bertz CT molecular complexity index is 847. The van der Waals surface area contributed by atoms with E-state index in [0.717, 1.165) is 29.5 Å². The van der Waals surface area contributed by atoms with Crippen molar-refractivity contribution in [1.82, 2.24) is 14.5 Å². The van der Waals surface area contributed by atoms with Gasteiger partial charge in [-0.15, -0.1) is 10.2 Å². The van der Waals surface area contributed by atoms with Gasteiger partial charge in [-0.1, -0.05) is 25.2 Å². The van der Waals surface area contributed by atoms with Crippen LogP contribution in [0.3, 0.4) is 0 Å². The quantitative estimate of drug-likeness (QED) is 0.840. The van der Waals surface area contributed by atoms with E-state index in [2.05, 4.69) is 15.5 Å². The van der Waals surface area contributed by atoms with Crippen molar-refractivity contribution in [3.8, 4) is 0 Å². The number of benzene rings is 1. The Labute approximate surface area is 143 Å². The van der Waals surface area contributed by atoms with E-state index in [4.69, 9.17) is 0 Å². The number of nitrogens with one attached hydrogen (secondary N) is 1. The molecule has 0 aliphatic carbocycles. The van der Waals surface area contributed by atoms with Crippen LogP contribution in [0.4, 0.5) is 9.52 Å². The second-order valence-electron chi connectivity index (χ2n) is 4.81. The van der Waals surface area contributed by atoms with Crippen molar-refractivity contribution in [2.75, 3.05) is 18.4 Å². The Morgan fingerprint density at radius 1 is 1.29 bits per heavy atom. The highest BCUT2D eigenvalue weighted by Gasteiger charge is 2.24. The summed E-state index contributed by atoms with van der Waals surface area (Å²) in [5, 5.41) is 10.7. The van der Waals surface area contributed by atoms with E-state index in [1.54, 1.807) is 20.8 Å². The minimum Gasteiger partial charge on any atom is -0.296 e. The molecule has 1 N–H and O–H groups in total. The van der Waals surface area contributed by atoms with E-state index in [9.17, 15) is 17.6 Å². The summed E-state index contributed by atoms with van der Waals surface area (Å²) in [5.41, 5.74) is -0.365. The zero-order chi connectivity index (χ0) is 17.9. The fourth-order valence-electron chi connectivity index (χ4n) is 2.06. The summed E-state index contributed by atoms with van der Waals surface area (Å²) in [6.45, 7) is 5.68. The third-order valence-electron chi connectivity index (χ3n) is 3.27. The van der Waals surface area contributed by atoms with Gasteiger partial charge in [-0.2, -0.15) is 4.31 Å². The van der Waals surface area contributed by atoms with Gasteiger partial charge in [0.1, 0.15) is 10.8 Å². The molecule has 0 atom stereocenters. The molecule has 24 heavy (non-hydrogen) atoms. The lowest BCUT2D eigenvalue weighted by molar-refractivity contribution is 0.102. The van der Waals surface area contributed by atoms with Crippen LogP contribution in [0.5, 0.6) is 0 Å². The van der Waals surface area contributed by atoms with E-state index in [0.29, 0.717) is 5.01 Å². The summed E-state index contributed by atoms with van der Waals surface area (Å²) in [4.78, 5) is 12.1. The number of hydrogen-bond donors (Lipinski definition) is 1. The lowest BCUT2D eigenvalue weighted by Gasteiger charge is -2.18. The molecule has 1 amide bonds. The van der Waals surface area contributed by atoms with Crippen molar-refractivity contribution in [2.45, 2.75) is 25.7 Å². The number of carbonyl (C=O) groups excluding carboxylic acids is 1. The monoisotopic (exact) mass is 372 g/mol. The number of halogens is 1. The Balaban J connectivity index is 2.36. The van der Waals surface area contributed by atoms with E-state index < -0.39 is 21.7 Å². The molecule has 130 valence electrons. The van der Waals surface area contributed by atoms with Gasteiger partial charge in [0.25, 0.3) is 5.91 Å². The maximum absolute atomic E-state index is 14.0. The summed E-state index contributed by atoms with van der Waals surface area (Å²) in [6, 6.07) is 3.15. The molecule has 0 aliphatic heterocycles. The predicted molar refractivity (Wildman–Crippen MR) is 89.1 cm³/mol. The molecular formula is C14H17FN4O3S2. The van der Waals surface area contributed by atoms with Crippen LogP contribution in [0.2, 0.25) is 0 Å². The summed E-state index contributed by atoms with van der Waals surface area (Å²) in [6.07, 6.45) is 0. The van der Waals surface area contributed by atoms with E-state index >= 15 is 0 Å². The summed E-state index contributed by atoms with van der Waals surface area (Å²) < 4.78 is 40.2. The van der Waals surface area contributed by atoms with Crippen molar-refractivity contribution < 1.29 is 17.6 Å². The van der Waals surface area contributed by atoms with Crippen molar-refractivity contribution >= 4 is 32.4 Å². The molecule has 0 spiro atoms. The second-order valence-corrected chi connectivity index (χ2v) is 7.93. The molecule has 7 nitrogen and oxygen atoms in total. The first kappa shape index (κ1) is 18.4. The van der Waals surface area contributed by atoms with Crippen molar-refractivity contribution in [3.63, 3.8) is 0 Å². The Hall–Kier alpha value is -1.91. The molecule has 2 rings (SSSR count). The summed E-state index contributed by atoms with van der Waals surface area (Å²) >= 11 is 1.14. The van der Waals surface area contributed by atoms with Crippen LogP contribution in [0.15, 0.2) is 23.1 Å². The number of sulfonamides is 1. The number of anilines is 1. The number of amides is 1. The molecule has 0 saturated carbocycles. The molecule has 0 fully saturated rings. The van der Waals surface area contributed by atoms with Gasteiger partial charge in [0.05, 0.1) is 10.5 Å². The number of nitrogens with zero attached hydrogens (tertiary/aromatic N) is 3. The fraction of sp³-hybridized carbons (Fsp3) is 0.357. The topological polar surface area (TPSA) is 92.3 Å². The molecular weight excluding hydrogens is 355 g/mol. The average molecular weight is 372 g/mol. The fourth-order valence-corrected chi connectivity index (χ4v) is 4.13. The lowest BCUT2D eigenvalue weighted by Crippen LogP contribution is -2.31. The molecule has 1 heterocycles. The highest BCUT2D eigenvalue weighted by atomic mass is 32.2. The van der Waals surface area contributed by atoms with Crippen LogP contribution < -0.4 is 5.32 Å². The first-order valence-corrected chi connectivity index (χ1v) is 9.46.